The van der Waals surface area contributed by atoms with E-state index in [0.717, 1.165) is 22.8 Å². The van der Waals surface area contributed by atoms with Crippen LogP contribution in [-0.4, -0.2) is 10.9 Å². The van der Waals surface area contributed by atoms with E-state index in [9.17, 15) is 18.0 Å². The number of hydrogen-bond donors (Lipinski definition) is 1. The standard InChI is InChI=1S/C16H11F3N2OS/c1-2-8-3-6-11-12(7-8)23-16(20-11)21-15(22)9-4-5-10(17)14(19)13(9)18/h3-7H,2H2,1H3,(H,20,21,22). The number of anilines is 1. The summed E-state index contributed by atoms with van der Waals surface area (Å²) in [5.41, 5.74) is 1.26. The Morgan fingerprint density at radius 3 is 2.70 bits per heavy atom. The Hall–Kier alpha value is -2.41. The maximum Gasteiger partial charge on any atom is 0.260 e. The molecule has 1 aromatic heterocycles. The van der Waals surface area contributed by atoms with Crippen LogP contribution in [0, 0.1) is 17.5 Å². The molecule has 3 nitrogen and oxygen atoms in total. The van der Waals surface area contributed by atoms with Crippen LogP contribution in [-0.2, 0) is 6.42 Å². The highest BCUT2D eigenvalue weighted by Crippen LogP contribution is 2.27. The molecule has 3 rings (SSSR count). The van der Waals surface area contributed by atoms with Gasteiger partial charge in [0.15, 0.2) is 22.6 Å². The van der Waals surface area contributed by atoms with Gasteiger partial charge in [-0.3, -0.25) is 10.1 Å². The van der Waals surface area contributed by atoms with Crippen molar-refractivity contribution in [1.82, 2.24) is 4.98 Å². The number of amides is 1. The summed E-state index contributed by atoms with van der Waals surface area (Å²) in [6.45, 7) is 2.02. The summed E-state index contributed by atoms with van der Waals surface area (Å²) >= 11 is 1.23. The largest absolute Gasteiger partial charge is 0.298 e. The third-order valence-corrected chi connectivity index (χ3v) is 4.29. The van der Waals surface area contributed by atoms with Crippen molar-refractivity contribution in [2.45, 2.75) is 13.3 Å². The molecule has 0 spiro atoms. The van der Waals surface area contributed by atoms with Crippen LogP contribution in [0.3, 0.4) is 0 Å². The van der Waals surface area contributed by atoms with Crippen LogP contribution in [0.4, 0.5) is 18.3 Å². The Labute approximate surface area is 133 Å². The minimum Gasteiger partial charge on any atom is -0.298 e. The molecule has 0 fully saturated rings. The molecule has 0 atom stereocenters. The number of hydrogen-bond acceptors (Lipinski definition) is 3. The number of aryl methyl sites for hydroxylation is 1. The number of rotatable bonds is 3. The van der Waals surface area contributed by atoms with Gasteiger partial charge >= 0.3 is 0 Å². The van der Waals surface area contributed by atoms with Gasteiger partial charge in [-0.05, 0) is 36.2 Å². The molecular formula is C16H11F3N2OS. The number of nitrogens with zero attached hydrogens (tertiary/aromatic N) is 1. The third kappa shape index (κ3) is 2.92. The molecular weight excluding hydrogens is 325 g/mol. The predicted molar refractivity (Wildman–Crippen MR) is 83.3 cm³/mol. The third-order valence-electron chi connectivity index (χ3n) is 3.36. The molecule has 1 heterocycles. The van der Waals surface area contributed by atoms with Gasteiger partial charge in [0.2, 0.25) is 0 Å². The molecule has 2 aromatic carbocycles. The minimum atomic E-state index is -1.67. The van der Waals surface area contributed by atoms with Gasteiger partial charge in [-0.25, -0.2) is 18.2 Å². The summed E-state index contributed by atoms with van der Waals surface area (Å²) in [5.74, 6) is -5.41. The normalized spacial score (nSPS) is 11.0. The van der Waals surface area contributed by atoms with E-state index in [1.807, 2.05) is 25.1 Å². The lowest BCUT2D eigenvalue weighted by Gasteiger charge is -2.04. The molecule has 0 unspecified atom stereocenters. The van der Waals surface area contributed by atoms with E-state index >= 15 is 0 Å². The van der Waals surface area contributed by atoms with Gasteiger partial charge in [0.25, 0.3) is 5.91 Å². The fourth-order valence-corrected chi connectivity index (χ4v) is 3.03. The van der Waals surface area contributed by atoms with E-state index in [1.165, 1.54) is 11.3 Å². The van der Waals surface area contributed by atoms with E-state index in [0.29, 0.717) is 11.6 Å². The van der Waals surface area contributed by atoms with Crippen molar-refractivity contribution in [3.05, 3.63) is 58.9 Å². The summed E-state index contributed by atoms with van der Waals surface area (Å²) in [4.78, 5) is 16.2. The lowest BCUT2D eigenvalue weighted by Crippen LogP contribution is -2.15. The zero-order chi connectivity index (χ0) is 16.6. The summed E-state index contributed by atoms with van der Waals surface area (Å²) in [5, 5.41) is 2.68. The van der Waals surface area contributed by atoms with Crippen molar-refractivity contribution in [2.24, 2.45) is 0 Å². The fourth-order valence-electron chi connectivity index (χ4n) is 2.11. The number of aromatic nitrogens is 1. The Balaban J connectivity index is 1.90. The number of carbonyl (C=O) groups is 1. The number of nitrogens with one attached hydrogen (secondary N) is 1. The van der Waals surface area contributed by atoms with Crippen LogP contribution >= 0.6 is 11.3 Å². The van der Waals surface area contributed by atoms with Gasteiger partial charge in [-0.15, -0.1) is 0 Å². The Kier molecular flexibility index (Phi) is 4.04. The smallest absolute Gasteiger partial charge is 0.260 e. The first-order valence-electron chi connectivity index (χ1n) is 6.84. The number of benzene rings is 2. The van der Waals surface area contributed by atoms with Gasteiger partial charge in [-0.2, -0.15) is 0 Å². The van der Waals surface area contributed by atoms with Crippen LogP contribution < -0.4 is 5.32 Å². The molecule has 0 aliphatic carbocycles. The van der Waals surface area contributed by atoms with Gasteiger partial charge in [-0.1, -0.05) is 24.3 Å². The first kappa shape index (κ1) is 15.5. The molecule has 3 aromatic rings. The molecule has 23 heavy (non-hydrogen) atoms. The van der Waals surface area contributed by atoms with Crippen LogP contribution in [0.5, 0.6) is 0 Å². The monoisotopic (exact) mass is 336 g/mol. The Morgan fingerprint density at radius 2 is 1.96 bits per heavy atom. The van der Waals surface area contributed by atoms with E-state index in [1.54, 1.807) is 0 Å². The van der Waals surface area contributed by atoms with Crippen LogP contribution in [0.25, 0.3) is 10.2 Å². The Morgan fingerprint density at radius 1 is 1.17 bits per heavy atom. The maximum atomic E-state index is 13.6. The zero-order valence-corrected chi connectivity index (χ0v) is 12.8. The quantitative estimate of drug-likeness (QED) is 0.714. The van der Waals surface area contributed by atoms with Crippen molar-refractivity contribution in [2.75, 3.05) is 5.32 Å². The van der Waals surface area contributed by atoms with Crippen LogP contribution in [0.2, 0.25) is 0 Å². The zero-order valence-electron chi connectivity index (χ0n) is 12.0. The molecule has 0 aliphatic heterocycles. The summed E-state index contributed by atoms with van der Waals surface area (Å²) in [7, 11) is 0. The number of halogens is 3. The second kappa shape index (κ2) is 6.00. The average Bonchev–Trinajstić information content (AvgIpc) is 2.93. The maximum absolute atomic E-state index is 13.6. The molecule has 118 valence electrons. The number of thiazole rings is 1. The number of carbonyl (C=O) groups excluding carboxylic acids is 1. The summed E-state index contributed by atoms with van der Waals surface area (Å²) in [6, 6.07) is 7.33. The molecule has 0 radical (unpaired) electrons. The molecule has 1 N–H and O–H groups in total. The summed E-state index contributed by atoms with van der Waals surface area (Å²) < 4.78 is 40.6. The molecule has 0 aliphatic rings. The van der Waals surface area contributed by atoms with Crippen molar-refractivity contribution in [3.63, 3.8) is 0 Å². The lowest BCUT2D eigenvalue weighted by molar-refractivity contribution is 0.102. The minimum absolute atomic E-state index is 0.266. The van der Waals surface area contributed by atoms with Gasteiger partial charge in [0.1, 0.15) is 0 Å². The first-order valence-corrected chi connectivity index (χ1v) is 7.65. The van der Waals surface area contributed by atoms with Gasteiger partial charge < -0.3 is 0 Å². The molecule has 7 heteroatoms. The van der Waals surface area contributed by atoms with E-state index in [2.05, 4.69) is 10.3 Å². The van der Waals surface area contributed by atoms with Gasteiger partial charge in [0, 0.05) is 0 Å². The van der Waals surface area contributed by atoms with Crippen molar-refractivity contribution < 1.29 is 18.0 Å². The van der Waals surface area contributed by atoms with Crippen molar-refractivity contribution in [3.8, 4) is 0 Å². The van der Waals surface area contributed by atoms with E-state index in [4.69, 9.17) is 0 Å². The average molecular weight is 336 g/mol. The SMILES string of the molecule is CCc1ccc2nc(NC(=O)c3ccc(F)c(F)c3F)sc2c1. The number of fused-ring (bicyclic) bond motifs is 1. The predicted octanol–water partition coefficient (Wildman–Crippen LogP) is 4.53. The highest BCUT2D eigenvalue weighted by atomic mass is 32.1. The Bertz CT molecular complexity index is 908. The second-order valence-corrected chi connectivity index (χ2v) is 5.88. The molecule has 0 saturated carbocycles. The van der Waals surface area contributed by atoms with Crippen molar-refractivity contribution >= 4 is 32.6 Å². The second-order valence-electron chi connectivity index (χ2n) is 4.85. The molecule has 1 amide bonds. The van der Waals surface area contributed by atoms with E-state index < -0.39 is 28.9 Å². The highest BCUT2D eigenvalue weighted by Gasteiger charge is 2.19. The van der Waals surface area contributed by atoms with Crippen LogP contribution in [0.15, 0.2) is 30.3 Å². The summed E-state index contributed by atoms with van der Waals surface area (Å²) in [6.07, 6.45) is 0.871. The fraction of sp³-hybridized carbons (Fsp3) is 0.125. The van der Waals surface area contributed by atoms with Gasteiger partial charge in [0.05, 0.1) is 15.8 Å². The highest BCUT2D eigenvalue weighted by molar-refractivity contribution is 7.22. The van der Waals surface area contributed by atoms with Crippen LogP contribution in [0.1, 0.15) is 22.8 Å². The molecule has 0 saturated heterocycles. The topological polar surface area (TPSA) is 42.0 Å². The van der Waals surface area contributed by atoms with E-state index in [-0.39, 0.29) is 5.13 Å². The lowest BCUT2D eigenvalue weighted by atomic mass is 10.2. The molecule has 0 bridgehead atoms. The van der Waals surface area contributed by atoms with Crippen molar-refractivity contribution in [1.29, 1.82) is 0 Å². The first-order chi connectivity index (χ1) is 11.0.